The van der Waals surface area contributed by atoms with Gasteiger partial charge in [0.15, 0.2) is 0 Å². The van der Waals surface area contributed by atoms with Crippen molar-refractivity contribution in [3.05, 3.63) is 57.1 Å². The van der Waals surface area contributed by atoms with Gasteiger partial charge >= 0.3 is 5.69 Å². The molecule has 0 spiro atoms. The van der Waals surface area contributed by atoms with E-state index < -0.39 is 4.92 Å². The molecule has 0 atom stereocenters. The van der Waals surface area contributed by atoms with Crippen molar-refractivity contribution in [3.8, 4) is 23.3 Å². The van der Waals surface area contributed by atoms with Crippen molar-refractivity contribution in [2.75, 3.05) is 7.11 Å². The van der Waals surface area contributed by atoms with Gasteiger partial charge in [0.05, 0.1) is 17.6 Å². The molecular formula is C14H9ClN2O4. The molecule has 0 bridgehead atoms. The Morgan fingerprint density at radius 1 is 1.24 bits per heavy atom. The van der Waals surface area contributed by atoms with Crippen LogP contribution < -0.4 is 9.47 Å². The number of methoxy groups -OCH3 is 1. The predicted octanol–water partition coefficient (Wildman–Crippen LogP) is 3.92. The van der Waals surface area contributed by atoms with Gasteiger partial charge in [-0.05, 0) is 24.3 Å². The zero-order chi connectivity index (χ0) is 15.4. The number of hydrogen-bond acceptors (Lipinski definition) is 5. The maximum Gasteiger partial charge on any atom is 0.313 e. The summed E-state index contributed by atoms with van der Waals surface area (Å²) in [5.41, 5.74) is -0.0470. The number of ether oxygens (including phenoxy) is 2. The largest absolute Gasteiger partial charge is 0.497 e. The Bertz CT molecular complexity index is 740. The third-order valence-corrected chi connectivity index (χ3v) is 2.88. The van der Waals surface area contributed by atoms with Crippen LogP contribution in [-0.2, 0) is 0 Å². The Morgan fingerprint density at radius 3 is 2.62 bits per heavy atom. The van der Waals surface area contributed by atoms with Gasteiger partial charge in [-0.25, -0.2) is 0 Å². The van der Waals surface area contributed by atoms with Gasteiger partial charge in [-0.15, -0.1) is 0 Å². The molecule has 0 aliphatic rings. The number of nitriles is 1. The molecule has 2 aromatic carbocycles. The first kappa shape index (κ1) is 14.6. The molecular weight excluding hydrogens is 296 g/mol. The summed E-state index contributed by atoms with van der Waals surface area (Å²) in [5, 5.41) is 20.3. The number of rotatable bonds is 4. The van der Waals surface area contributed by atoms with Gasteiger partial charge in [-0.1, -0.05) is 11.6 Å². The highest BCUT2D eigenvalue weighted by atomic mass is 35.5. The quantitative estimate of drug-likeness (QED) is 0.631. The minimum absolute atomic E-state index is 0.00541. The Balaban J connectivity index is 2.47. The summed E-state index contributed by atoms with van der Waals surface area (Å²) in [6, 6.07) is 10.6. The molecule has 0 aliphatic heterocycles. The SMILES string of the molecule is COc1ccc(C#N)c(Oc2ccc(Cl)cc2[N+](=O)[O-])c1. The molecule has 0 N–H and O–H groups in total. The zero-order valence-electron chi connectivity index (χ0n) is 10.9. The van der Waals surface area contributed by atoms with Gasteiger partial charge in [0.25, 0.3) is 0 Å². The molecule has 0 radical (unpaired) electrons. The summed E-state index contributed by atoms with van der Waals surface area (Å²) in [6.07, 6.45) is 0. The fourth-order valence-electron chi connectivity index (χ4n) is 1.64. The summed E-state index contributed by atoms with van der Waals surface area (Å²) >= 11 is 5.74. The number of nitrogens with zero attached hydrogens (tertiary/aromatic N) is 2. The number of hydrogen-bond donors (Lipinski definition) is 0. The van der Waals surface area contributed by atoms with Crippen LogP contribution in [0.2, 0.25) is 5.02 Å². The predicted molar refractivity (Wildman–Crippen MR) is 75.9 cm³/mol. The van der Waals surface area contributed by atoms with Crippen molar-refractivity contribution in [1.29, 1.82) is 5.26 Å². The molecule has 0 fully saturated rings. The van der Waals surface area contributed by atoms with E-state index in [9.17, 15) is 10.1 Å². The summed E-state index contributed by atoms with van der Waals surface area (Å²) < 4.78 is 10.5. The molecule has 21 heavy (non-hydrogen) atoms. The Morgan fingerprint density at radius 2 is 2.00 bits per heavy atom. The highest BCUT2D eigenvalue weighted by Crippen LogP contribution is 2.36. The van der Waals surface area contributed by atoms with Crippen LogP contribution in [0.4, 0.5) is 5.69 Å². The molecule has 106 valence electrons. The van der Waals surface area contributed by atoms with E-state index in [1.54, 1.807) is 6.07 Å². The smallest absolute Gasteiger partial charge is 0.313 e. The van der Waals surface area contributed by atoms with E-state index in [1.807, 2.05) is 6.07 Å². The molecule has 0 aromatic heterocycles. The third-order valence-electron chi connectivity index (χ3n) is 2.65. The van der Waals surface area contributed by atoms with Gasteiger partial charge in [0, 0.05) is 17.2 Å². The summed E-state index contributed by atoms with van der Waals surface area (Å²) in [5.74, 6) is 0.636. The second-order valence-corrected chi connectivity index (χ2v) is 4.38. The van der Waals surface area contributed by atoms with Crippen LogP contribution in [0.3, 0.4) is 0 Å². The lowest BCUT2D eigenvalue weighted by Gasteiger charge is -2.09. The maximum atomic E-state index is 11.0. The first-order valence-electron chi connectivity index (χ1n) is 5.75. The average Bonchev–Trinajstić information content (AvgIpc) is 2.48. The number of nitro benzene ring substituents is 1. The maximum absolute atomic E-state index is 11.0. The molecule has 6 nitrogen and oxygen atoms in total. The molecule has 0 aliphatic carbocycles. The minimum atomic E-state index is -0.604. The van der Waals surface area contributed by atoms with Gasteiger partial charge in [-0.3, -0.25) is 10.1 Å². The van der Waals surface area contributed by atoms with Crippen molar-refractivity contribution < 1.29 is 14.4 Å². The van der Waals surface area contributed by atoms with Crippen LogP contribution in [0.1, 0.15) is 5.56 Å². The molecule has 0 saturated carbocycles. The normalized spacial score (nSPS) is 9.76. The molecule has 0 heterocycles. The van der Waals surface area contributed by atoms with E-state index in [2.05, 4.69) is 0 Å². The number of benzene rings is 2. The molecule has 7 heteroatoms. The van der Waals surface area contributed by atoms with Crippen LogP contribution in [0.15, 0.2) is 36.4 Å². The highest BCUT2D eigenvalue weighted by Gasteiger charge is 2.18. The van der Waals surface area contributed by atoms with Gasteiger partial charge in [0.1, 0.15) is 17.6 Å². The molecule has 2 rings (SSSR count). The lowest BCUT2D eigenvalue weighted by atomic mass is 10.2. The van der Waals surface area contributed by atoms with Gasteiger partial charge in [-0.2, -0.15) is 5.26 Å². The first-order valence-corrected chi connectivity index (χ1v) is 6.13. The number of halogens is 1. The van der Waals surface area contributed by atoms with E-state index >= 15 is 0 Å². The molecule has 0 saturated heterocycles. The molecule has 0 amide bonds. The molecule has 2 aromatic rings. The third kappa shape index (κ3) is 3.22. The van der Waals surface area contributed by atoms with Gasteiger partial charge in [0.2, 0.25) is 5.75 Å². The lowest BCUT2D eigenvalue weighted by molar-refractivity contribution is -0.385. The van der Waals surface area contributed by atoms with Crippen LogP contribution in [0, 0.1) is 21.4 Å². The Labute approximate surface area is 125 Å². The van der Waals surface area contributed by atoms with E-state index in [0.717, 1.165) is 0 Å². The highest BCUT2D eigenvalue weighted by molar-refractivity contribution is 6.30. The Kier molecular flexibility index (Phi) is 4.26. The summed E-state index contributed by atoms with van der Waals surface area (Å²) in [7, 11) is 1.47. The number of nitro groups is 1. The summed E-state index contributed by atoms with van der Waals surface area (Å²) in [4.78, 5) is 10.4. The van der Waals surface area contributed by atoms with Crippen LogP contribution >= 0.6 is 11.6 Å². The minimum Gasteiger partial charge on any atom is -0.497 e. The average molecular weight is 305 g/mol. The van der Waals surface area contributed by atoms with Crippen molar-refractivity contribution in [1.82, 2.24) is 0 Å². The van der Waals surface area contributed by atoms with Crippen LogP contribution in [0.5, 0.6) is 17.2 Å². The van der Waals surface area contributed by atoms with E-state index in [-0.39, 0.29) is 27.8 Å². The summed E-state index contributed by atoms with van der Waals surface area (Å²) in [6.45, 7) is 0. The molecule has 0 unspecified atom stereocenters. The van der Waals surface area contributed by atoms with Crippen LogP contribution in [-0.4, -0.2) is 12.0 Å². The van der Waals surface area contributed by atoms with E-state index in [4.69, 9.17) is 26.3 Å². The fourth-order valence-corrected chi connectivity index (χ4v) is 1.81. The topological polar surface area (TPSA) is 85.4 Å². The standard InChI is InChI=1S/C14H9ClN2O4/c1-20-11-4-2-9(8-16)14(7-11)21-13-5-3-10(15)6-12(13)17(18)19/h2-7H,1H3. The van der Waals surface area contributed by atoms with Crippen molar-refractivity contribution >= 4 is 17.3 Å². The van der Waals surface area contributed by atoms with Crippen molar-refractivity contribution in [2.24, 2.45) is 0 Å². The van der Waals surface area contributed by atoms with E-state index in [1.165, 1.54) is 37.4 Å². The lowest BCUT2D eigenvalue weighted by Crippen LogP contribution is -1.95. The second-order valence-electron chi connectivity index (χ2n) is 3.95. The fraction of sp³-hybridized carbons (Fsp3) is 0.0714. The monoisotopic (exact) mass is 304 g/mol. The van der Waals surface area contributed by atoms with Gasteiger partial charge < -0.3 is 9.47 Å². The zero-order valence-corrected chi connectivity index (χ0v) is 11.6. The van der Waals surface area contributed by atoms with Crippen molar-refractivity contribution in [3.63, 3.8) is 0 Å². The van der Waals surface area contributed by atoms with E-state index in [0.29, 0.717) is 5.75 Å². The van der Waals surface area contributed by atoms with Crippen molar-refractivity contribution in [2.45, 2.75) is 0 Å². The second kappa shape index (κ2) is 6.11. The Hall–Kier alpha value is -2.78. The van der Waals surface area contributed by atoms with Crippen LogP contribution in [0.25, 0.3) is 0 Å². The first-order chi connectivity index (χ1) is 10.0.